The lowest BCUT2D eigenvalue weighted by Crippen LogP contribution is -2.52. The van der Waals surface area contributed by atoms with Gasteiger partial charge in [-0.2, -0.15) is 4.37 Å². The van der Waals surface area contributed by atoms with E-state index >= 15 is 0 Å². The SMILES string of the molecule is CCNC(=NCc1ccc(NC(=O)C(C)C)cc1)N1CCN(c2nc(CC)ns2)CC1. The highest BCUT2D eigenvalue weighted by molar-refractivity contribution is 7.09. The highest BCUT2D eigenvalue weighted by atomic mass is 32.1. The zero-order chi connectivity index (χ0) is 22.2. The number of carbonyl (C=O) groups is 1. The van der Waals surface area contributed by atoms with Crippen molar-refractivity contribution in [1.82, 2.24) is 19.6 Å². The second-order valence-corrected chi connectivity index (χ2v) is 8.56. The van der Waals surface area contributed by atoms with E-state index in [1.165, 1.54) is 11.5 Å². The van der Waals surface area contributed by atoms with Gasteiger partial charge >= 0.3 is 0 Å². The molecule has 31 heavy (non-hydrogen) atoms. The van der Waals surface area contributed by atoms with E-state index in [0.29, 0.717) is 6.54 Å². The highest BCUT2D eigenvalue weighted by Crippen LogP contribution is 2.19. The standard InChI is InChI=1S/C22H33N7OS/c1-5-19-26-22(31-27-19)29-13-11-28(12-14-29)21(23-6-2)24-15-17-7-9-18(10-8-17)25-20(30)16(3)4/h7-10,16H,5-6,11-15H2,1-4H3,(H,23,24)(H,25,30). The van der Waals surface area contributed by atoms with Crippen LogP contribution in [0, 0.1) is 5.92 Å². The molecular weight excluding hydrogens is 410 g/mol. The molecular formula is C22H33N7OS. The summed E-state index contributed by atoms with van der Waals surface area (Å²) in [5.41, 5.74) is 1.93. The number of amides is 1. The maximum atomic E-state index is 11.8. The summed E-state index contributed by atoms with van der Waals surface area (Å²) in [7, 11) is 0. The van der Waals surface area contributed by atoms with Crippen LogP contribution < -0.4 is 15.5 Å². The number of nitrogens with zero attached hydrogens (tertiary/aromatic N) is 5. The molecule has 2 aromatic rings. The van der Waals surface area contributed by atoms with Crippen molar-refractivity contribution in [3.8, 4) is 0 Å². The average Bonchev–Trinajstić information content (AvgIpc) is 3.27. The lowest BCUT2D eigenvalue weighted by Gasteiger charge is -2.36. The third-order valence-corrected chi connectivity index (χ3v) is 5.93. The summed E-state index contributed by atoms with van der Waals surface area (Å²) in [6.07, 6.45) is 0.874. The number of hydrogen-bond acceptors (Lipinski definition) is 6. The third kappa shape index (κ3) is 6.40. The van der Waals surface area contributed by atoms with Crippen molar-refractivity contribution in [1.29, 1.82) is 0 Å². The minimum Gasteiger partial charge on any atom is -0.357 e. The zero-order valence-corrected chi connectivity index (χ0v) is 19.7. The van der Waals surface area contributed by atoms with Crippen molar-refractivity contribution in [2.24, 2.45) is 10.9 Å². The molecule has 1 aromatic heterocycles. The highest BCUT2D eigenvalue weighted by Gasteiger charge is 2.22. The van der Waals surface area contributed by atoms with Gasteiger partial charge in [-0.1, -0.05) is 32.9 Å². The molecule has 168 valence electrons. The summed E-state index contributed by atoms with van der Waals surface area (Å²) in [5, 5.41) is 7.35. The normalized spacial score (nSPS) is 14.8. The van der Waals surface area contributed by atoms with Crippen molar-refractivity contribution < 1.29 is 4.79 Å². The fourth-order valence-electron chi connectivity index (χ4n) is 3.20. The number of aromatic nitrogens is 2. The largest absolute Gasteiger partial charge is 0.357 e. The lowest BCUT2D eigenvalue weighted by molar-refractivity contribution is -0.118. The van der Waals surface area contributed by atoms with Crippen LogP contribution in [0.25, 0.3) is 0 Å². The van der Waals surface area contributed by atoms with E-state index in [9.17, 15) is 4.79 Å². The smallest absolute Gasteiger partial charge is 0.226 e. The van der Waals surface area contributed by atoms with Crippen LogP contribution in [-0.4, -0.2) is 58.8 Å². The molecule has 1 aromatic carbocycles. The first kappa shape index (κ1) is 23.0. The van der Waals surface area contributed by atoms with Gasteiger partial charge in [-0.25, -0.2) is 9.98 Å². The maximum Gasteiger partial charge on any atom is 0.226 e. The molecule has 0 unspecified atom stereocenters. The molecule has 0 aliphatic carbocycles. The van der Waals surface area contributed by atoms with E-state index in [4.69, 9.17) is 4.99 Å². The molecule has 0 saturated carbocycles. The molecule has 0 spiro atoms. The van der Waals surface area contributed by atoms with Gasteiger partial charge in [-0.05, 0) is 24.6 Å². The van der Waals surface area contributed by atoms with Crippen LogP contribution in [0.15, 0.2) is 29.3 Å². The van der Waals surface area contributed by atoms with Crippen molar-refractivity contribution in [2.45, 2.75) is 40.7 Å². The van der Waals surface area contributed by atoms with Gasteiger partial charge < -0.3 is 20.4 Å². The molecule has 3 rings (SSSR count). The number of hydrogen-bond donors (Lipinski definition) is 2. The van der Waals surface area contributed by atoms with Crippen molar-refractivity contribution in [3.05, 3.63) is 35.7 Å². The van der Waals surface area contributed by atoms with Crippen LogP contribution in [0.3, 0.4) is 0 Å². The molecule has 2 heterocycles. The van der Waals surface area contributed by atoms with Crippen molar-refractivity contribution >= 4 is 34.2 Å². The van der Waals surface area contributed by atoms with Gasteiger partial charge in [0.15, 0.2) is 5.96 Å². The molecule has 0 radical (unpaired) electrons. The number of anilines is 2. The first-order chi connectivity index (χ1) is 15.0. The monoisotopic (exact) mass is 443 g/mol. The van der Waals surface area contributed by atoms with Gasteiger partial charge in [0.2, 0.25) is 11.0 Å². The summed E-state index contributed by atoms with van der Waals surface area (Å²) in [4.78, 5) is 25.9. The van der Waals surface area contributed by atoms with Crippen molar-refractivity contribution in [3.63, 3.8) is 0 Å². The number of carbonyl (C=O) groups excluding carboxylic acids is 1. The van der Waals surface area contributed by atoms with Gasteiger partial charge in [0, 0.05) is 62.3 Å². The minimum absolute atomic E-state index is 0.0267. The number of aryl methyl sites for hydroxylation is 1. The number of aliphatic imine (C=N–C) groups is 1. The van der Waals surface area contributed by atoms with E-state index in [2.05, 4.69) is 43.6 Å². The average molecular weight is 444 g/mol. The summed E-state index contributed by atoms with van der Waals surface area (Å²) in [6.45, 7) is 13.0. The fourth-order valence-corrected chi connectivity index (χ4v) is 4.00. The third-order valence-electron chi connectivity index (χ3n) is 5.12. The summed E-state index contributed by atoms with van der Waals surface area (Å²) in [5.74, 6) is 1.85. The maximum absolute atomic E-state index is 11.8. The van der Waals surface area contributed by atoms with Crippen LogP contribution in [0.4, 0.5) is 10.8 Å². The predicted octanol–water partition coefficient (Wildman–Crippen LogP) is 2.98. The summed E-state index contributed by atoms with van der Waals surface area (Å²) < 4.78 is 4.40. The predicted molar refractivity (Wildman–Crippen MR) is 128 cm³/mol. The molecule has 9 heteroatoms. The Balaban J connectivity index is 1.57. The second kappa shape index (κ2) is 11.1. The van der Waals surface area contributed by atoms with Crippen LogP contribution >= 0.6 is 11.5 Å². The number of benzene rings is 1. The molecule has 1 aliphatic heterocycles. The van der Waals surface area contributed by atoms with Gasteiger partial charge in [-0.15, -0.1) is 0 Å². The number of rotatable bonds is 7. The number of piperazine rings is 1. The Hall–Kier alpha value is -2.68. The van der Waals surface area contributed by atoms with E-state index in [1.54, 1.807) is 0 Å². The first-order valence-electron chi connectivity index (χ1n) is 11.0. The molecule has 1 aliphatic rings. The topological polar surface area (TPSA) is 85.8 Å². The fraction of sp³-hybridized carbons (Fsp3) is 0.545. The van der Waals surface area contributed by atoms with Crippen LogP contribution in [-0.2, 0) is 17.8 Å². The molecule has 0 bridgehead atoms. The molecule has 1 amide bonds. The van der Waals surface area contributed by atoms with Crippen molar-refractivity contribution in [2.75, 3.05) is 42.9 Å². The molecule has 8 nitrogen and oxygen atoms in total. The van der Waals surface area contributed by atoms with Crippen LogP contribution in [0.5, 0.6) is 0 Å². The minimum atomic E-state index is -0.0343. The Morgan fingerprint density at radius 3 is 2.45 bits per heavy atom. The number of nitrogens with one attached hydrogen (secondary N) is 2. The Labute approximate surface area is 188 Å². The van der Waals surface area contributed by atoms with Gasteiger partial charge in [0.1, 0.15) is 5.82 Å². The quantitative estimate of drug-likeness (QED) is 0.505. The molecule has 1 fully saturated rings. The Morgan fingerprint density at radius 2 is 1.87 bits per heavy atom. The number of guanidine groups is 1. The molecule has 2 N–H and O–H groups in total. The summed E-state index contributed by atoms with van der Waals surface area (Å²) >= 11 is 1.49. The zero-order valence-electron chi connectivity index (χ0n) is 18.9. The lowest BCUT2D eigenvalue weighted by atomic mass is 10.1. The Kier molecular flexibility index (Phi) is 8.22. The van der Waals surface area contributed by atoms with E-state index in [0.717, 1.165) is 67.3 Å². The van der Waals surface area contributed by atoms with Gasteiger partial charge in [0.25, 0.3) is 0 Å². The molecule has 1 saturated heterocycles. The first-order valence-corrected chi connectivity index (χ1v) is 11.8. The summed E-state index contributed by atoms with van der Waals surface area (Å²) in [6, 6.07) is 7.90. The van der Waals surface area contributed by atoms with Gasteiger partial charge in [0.05, 0.1) is 6.54 Å². The second-order valence-electron chi connectivity index (χ2n) is 7.83. The van der Waals surface area contributed by atoms with Crippen LogP contribution in [0.2, 0.25) is 0 Å². The van der Waals surface area contributed by atoms with Gasteiger partial charge in [-0.3, -0.25) is 4.79 Å². The van der Waals surface area contributed by atoms with Crippen LogP contribution in [0.1, 0.15) is 39.1 Å². The Morgan fingerprint density at radius 1 is 1.16 bits per heavy atom. The Bertz CT molecular complexity index is 870. The molecule has 0 atom stereocenters. The van der Waals surface area contributed by atoms with E-state index in [-0.39, 0.29) is 11.8 Å². The van der Waals surface area contributed by atoms with E-state index < -0.39 is 0 Å². The van der Waals surface area contributed by atoms with E-state index in [1.807, 2.05) is 38.1 Å².